The molecule has 0 bridgehead atoms. The molecule has 0 unspecified atom stereocenters. The van der Waals surface area contributed by atoms with Gasteiger partial charge in [0.15, 0.2) is 5.76 Å². The maximum Gasteiger partial charge on any atom is 0.307 e. The summed E-state index contributed by atoms with van der Waals surface area (Å²) in [5.41, 5.74) is 4.20. The Bertz CT molecular complexity index is 1120. The molecule has 3 aromatic rings. The van der Waals surface area contributed by atoms with E-state index in [1.54, 1.807) is 36.4 Å². The van der Waals surface area contributed by atoms with Crippen molar-refractivity contribution in [3.8, 4) is 5.75 Å². The van der Waals surface area contributed by atoms with E-state index in [4.69, 9.17) is 19.6 Å². The molecular formula is C21H22N4O7S. The van der Waals surface area contributed by atoms with E-state index in [9.17, 15) is 14.4 Å². The number of para-hydroxylation sites is 1. The highest BCUT2D eigenvalue weighted by Gasteiger charge is 2.20. The second-order valence-electron chi connectivity index (χ2n) is 6.62. The molecule has 0 aliphatic carbocycles. The van der Waals surface area contributed by atoms with Gasteiger partial charge in [0.05, 0.1) is 13.1 Å². The lowest BCUT2D eigenvalue weighted by Crippen LogP contribution is -2.32. The molecule has 1 aromatic heterocycles. The van der Waals surface area contributed by atoms with Gasteiger partial charge in [0.2, 0.25) is 0 Å². The van der Waals surface area contributed by atoms with Crippen LogP contribution in [0, 0.1) is 0 Å². The first-order valence-electron chi connectivity index (χ1n) is 9.79. The SMILES string of the molecule is O=C(CNCc1c(C(=O)NCCOc2ccc(SC(=O)NO)cc2)oc2ccccc12)NO. The standard InChI is InChI=1S/C21H22N4O7S/c26-18(24-29)12-22-11-16-15-3-1-2-4-17(15)32-19(16)20(27)23-9-10-31-13-5-7-14(8-6-13)33-21(28)25-30/h1-8,22,29-30H,9-12H2,(H,23,27)(H,24,26)(H,25,28). The minimum Gasteiger partial charge on any atom is -0.492 e. The molecule has 0 saturated heterocycles. The quantitative estimate of drug-likeness (QED) is 0.112. The van der Waals surface area contributed by atoms with Crippen LogP contribution < -0.4 is 26.3 Å². The van der Waals surface area contributed by atoms with Gasteiger partial charge in [-0.2, -0.15) is 0 Å². The van der Waals surface area contributed by atoms with Gasteiger partial charge in [-0.1, -0.05) is 18.2 Å². The summed E-state index contributed by atoms with van der Waals surface area (Å²) >= 11 is 0.831. The second-order valence-corrected chi connectivity index (χ2v) is 7.67. The number of benzene rings is 2. The number of fused-ring (bicyclic) bond motifs is 1. The third kappa shape index (κ3) is 6.70. The van der Waals surface area contributed by atoms with Gasteiger partial charge in [0, 0.05) is 22.4 Å². The highest BCUT2D eigenvalue weighted by Crippen LogP contribution is 2.26. The van der Waals surface area contributed by atoms with Gasteiger partial charge in [0.25, 0.3) is 11.8 Å². The van der Waals surface area contributed by atoms with Crippen LogP contribution in [0.5, 0.6) is 5.75 Å². The first kappa shape index (κ1) is 24.1. The molecule has 0 atom stereocenters. The van der Waals surface area contributed by atoms with Crippen molar-refractivity contribution in [2.45, 2.75) is 11.4 Å². The summed E-state index contributed by atoms with van der Waals surface area (Å²) in [7, 11) is 0. The summed E-state index contributed by atoms with van der Waals surface area (Å²) in [6.07, 6.45) is 0. The molecule has 174 valence electrons. The summed E-state index contributed by atoms with van der Waals surface area (Å²) in [5, 5.41) is 22.9. The fraction of sp³-hybridized carbons (Fsp3) is 0.190. The molecule has 0 aliphatic heterocycles. The smallest absolute Gasteiger partial charge is 0.307 e. The Morgan fingerprint density at radius 1 is 1.00 bits per heavy atom. The predicted molar refractivity (Wildman–Crippen MR) is 118 cm³/mol. The maximum atomic E-state index is 12.7. The zero-order valence-electron chi connectivity index (χ0n) is 17.3. The van der Waals surface area contributed by atoms with E-state index < -0.39 is 17.1 Å². The minimum absolute atomic E-state index is 0.122. The molecule has 6 N–H and O–H groups in total. The predicted octanol–water partition coefficient (Wildman–Crippen LogP) is 2.03. The number of hydrogen-bond acceptors (Lipinski definition) is 9. The molecule has 3 amide bonds. The van der Waals surface area contributed by atoms with E-state index >= 15 is 0 Å². The number of hydroxylamine groups is 2. The number of furan rings is 1. The van der Waals surface area contributed by atoms with Crippen molar-refractivity contribution in [3.05, 3.63) is 59.9 Å². The highest BCUT2D eigenvalue weighted by molar-refractivity contribution is 8.13. The van der Waals surface area contributed by atoms with Gasteiger partial charge in [-0.25, -0.2) is 11.0 Å². The summed E-state index contributed by atoms with van der Waals surface area (Å²) in [6.45, 7) is 0.453. The Kier molecular flexibility index (Phi) is 8.66. The van der Waals surface area contributed by atoms with Crippen LogP contribution in [0.2, 0.25) is 0 Å². The van der Waals surface area contributed by atoms with Gasteiger partial charge in [-0.15, -0.1) is 0 Å². The van der Waals surface area contributed by atoms with Crippen LogP contribution >= 0.6 is 11.8 Å². The monoisotopic (exact) mass is 474 g/mol. The molecule has 1 heterocycles. The van der Waals surface area contributed by atoms with Crippen molar-refractivity contribution in [2.24, 2.45) is 0 Å². The highest BCUT2D eigenvalue weighted by atomic mass is 32.2. The van der Waals surface area contributed by atoms with E-state index in [1.165, 1.54) is 11.0 Å². The number of carbonyl (C=O) groups excluding carboxylic acids is 3. The van der Waals surface area contributed by atoms with Crippen molar-refractivity contribution in [2.75, 3.05) is 19.7 Å². The third-order valence-corrected chi connectivity index (χ3v) is 5.18. The van der Waals surface area contributed by atoms with Gasteiger partial charge >= 0.3 is 5.24 Å². The molecule has 0 radical (unpaired) electrons. The lowest BCUT2D eigenvalue weighted by molar-refractivity contribution is -0.128. The van der Waals surface area contributed by atoms with Crippen molar-refractivity contribution in [1.82, 2.24) is 21.6 Å². The van der Waals surface area contributed by atoms with E-state index in [-0.39, 0.29) is 32.0 Å². The van der Waals surface area contributed by atoms with Crippen LogP contribution in [0.1, 0.15) is 16.1 Å². The lowest BCUT2D eigenvalue weighted by Gasteiger charge is -2.09. The molecule has 0 spiro atoms. The number of ether oxygens (including phenoxy) is 1. The number of thioether (sulfide) groups is 1. The molecule has 0 aliphatic rings. The van der Waals surface area contributed by atoms with Gasteiger partial charge in [0.1, 0.15) is 17.9 Å². The fourth-order valence-corrected chi connectivity index (χ4v) is 3.48. The number of rotatable bonds is 10. The first-order chi connectivity index (χ1) is 16.0. The number of amides is 3. The average molecular weight is 474 g/mol. The topological polar surface area (TPSA) is 162 Å². The van der Waals surface area contributed by atoms with Crippen molar-refractivity contribution in [3.63, 3.8) is 0 Å². The Morgan fingerprint density at radius 2 is 1.76 bits per heavy atom. The van der Waals surface area contributed by atoms with E-state index in [1.807, 2.05) is 12.1 Å². The number of hydrogen-bond donors (Lipinski definition) is 6. The van der Waals surface area contributed by atoms with E-state index in [0.29, 0.717) is 21.8 Å². The zero-order valence-corrected chi connectivity index (χ0v) is 18.1. The molecular weight excluding hydrogens is 452 g/mol. The minimum atomic E-state index is -0.603. The Labute approximate surface area is 192 Å². The van der Waals surface area contributed by atoms with Crippen molar-refractivity contribution >= 4 is 39.8 Å². The Morgan fingerprint density at radius 3 is 2.48 bits per heavy atom. The van der Waals surface area contributed by atoms with E-state index in [0.717, 1.165) is 17.1 Å². The lowest BCUT2D eigenvalue weighted by atomic mass is 10.1. The summed E-state index contributed by atoms with van der Waals surface area (Å²) in [6, 6.07) is 13.8. The molecule has 0 fully saturated rings. The fourth-order valence-electron chi connectivity index (χ4n) is 2.95. The third-order valence-electron chi connectivity index (χ3n) is 4.40. The van der Waals surface area contributed by atoms with E-state index in [2.05, 4.69) is 10.6 Å². The molecule has 11 nitrogen and oxygen atoms in total. The van der Waals surface area contributed by atoms with Crippen LogP contribution in [0.15, 0.2) is 57.8 Å². The van der Waals surface area contributed by atoms with Crippen LogP contribution in [0.3, 0.4) is 0 Å². The normalized spacial score (nSPS) is 10.6. The van der Waals surface area contributed by atoms with Crippen molar-refractivity contribution < 1.29 is 34.0 Å². The number of nitrogens with one attached hydrogen (secondary N) is 4. The van der Waals surface area contributed by atoms with Gasteiger partial charge in [-0.3, -0.25) is 24.8 Å². The summed E-state index contributed by atoms with van der Waals surface area (Å²) in [4.78, 5) is 35.7. The average Bonchev–Trinajstić information content (AvgIpc) is 3.21. The van der Waals surface area contributed by atoms with Crippen LogP contribution in [-0.4, -0.2) is 47.2 Å². The molecule has 0 saturated carbocycles. The molecule has 2 aromatic carbocycles. The largest absolute Gasteiger partial charge is 0.492 e. The maximum absolute atomic E-state index is 12.7. The summed E-state index contributed by atoms with van der Waals surface area (Å²) in [5.74, 6) is -0.361. The van der Waals surface area contributed by atoms with Crippen LogP contribution in [0.4, 0.5) is 4.79 Å². The molecule has 3 rings (SSSR count). The van der Waals surface area contributed by atoms with Crippen molar-refractivity contribution in [1.29, 1.82) is 0 Å². The zero-order chi connectivity index (χ0) is 23.6. The van der Waals surface area contributed by atoms with Gasteiger partial charge < -0.3 is 19.8 Å². The second kappa shape index (κ2) is 11.9. The number of carbonyl (C=O) groups is 3. The summed E-state index contributed by atoms with van der Waals surface area (Å²) < 4.78 is 11.3. The van der Waals surface area contributed by atoms with Gasteiger partial charge in [-0.05, 0) is 42.1 Å². The first-order valence-corrected chi connectivity index (χ1v) is 10.6. The molecule has 33 heavy (non-hydrogen) atoms. The van der Waals surface area contributed by atoms with Crippen LogP contribution in [0.25, 0.3) is 11.0 Å². The Balaban J connectivity index is 1.55. The molecule has 12 heteroatoms. The van der Waals surface area contributed by atoms with Crippen LogP contribution in [-0.2, 0) is 11.3 Å². The Hall–Kier alpha value is -3.58.